The standard InChI is InChI=1S/C23H33N3O3/c1-6-16(2)24-23(27)22-17(3)21(25-10-12-29-13-11-25)18(4)26(22)15-19-8-7-9-20(14-19)28-5/h7-9,14,16H,6,10-13,15H2,1-5H3,(H,24,27). The fourth-order valence-corrected chi connectivity index (χ4v) is 3.97. The zero-order chi connectivity index (χ0) is 21.0. The number of methoxy groups -OCH3 is 1. The number of hydrogen-bond donors (Lipinski definition) is 1. The van der Waals surface area contributed by atoms with Crippen molar-refractivity contribution in [1.82, 2.24) is 9.88 Å². The van der Waals surface area contributed by atoms with E-state index in [2.05, 4.69) is 41.6 Å². The molecule has 1 amide bonds. The largest absolute Gasteiger partial charge is 0.497 e. The number of aromatic nitrogens is 1. The second-order valence-corrected chi connectivity index (χ2v) is 7.73. The molecule has 1 unspecified atom stereocenters. The van der Waals surface area contributed by atoms with Crippen LogP contribution in [-0.2, 0) is 11.3 Å². The number of benzene rings is 1. The van der Waals surface area contributed by atoms with Crippen molar-refractivity contribution in [1.29, 1.82) is 0 Å². The van der Waals surface area contributed by atoms with Gasteiger partial charge < -0.3 is 24.3 Å². The molecule has 2 aromatic rings. The smallest absolute Gasteiger partial charge is 0.268 e. The molecule has 0 radical (unpaired) electrons. The first kappa shape index (κ1) is 21.2. The number of nitrogens with zero attached hydrogens (tertiary/aromatic N) is 2. The van der Waals surface area contributed by atoms with Gasteiger partial charge in [-0.25, -0.2) is 0 Å². The summed E-state index contributed by atoms with van der Waals surface area (Å²) in [6.45, 7) is 12.0. The van der Waals surface area contributed by atoms with E-state index in [9.17, 15) is 4.79 Å². The Kier molecular flexibility index (Phi) is 6.85. The number of amides is 1. The SMILES string of the molecule is CCC(C)NC(=O)c1c(C)c(N2CCOCC2)c(C)n1Cc1cccc(OC)c1. The van der Waals surface area contributed by atoms with Gasteiger partial charge in [-0.1, -0.05) is 19.1 Å². The number of hydrogen-bond acceptors (Lipinski definition) is 4. The predicted molar refractivity (Wildman–Crippen MR) is 116 cm³/mol. The molecule has 1 fully saturated rings. The van der Waals surface area contributed by atoms with Crippen LogP contribution in [0.15, 0.2) is 24.3 Å². The van der Waals surface area contributed by atoms with Gasteiger partial charge >= 0.3 is 0 Å². The first-order valence-corrected chi connectivity index (χ1v) is 10.4. The third kappa shape index (κ3) is 4.58. The lowest BCUT2D eigenvalue weighted by atomic mass is 10.1. The number of ether oxygens (including phenoxy) is 2. The highest BCUT2D eigenvalue weighted by atomic mass is 16.5. The maximum absolute atomic E-state index is 13.2. The number of nitrogens with one attached hydrogen (secondary N) is 1. The van der Waals surface area contributed by atoms with Crippen LogP contribution in [0.2, 0.25) is 0 Å². The van der Waals surface area contributed by atoms with Crippen molar-refractivity contribution < 1.29 is 14.3 Å². The van der Waals surface area contributed by atoms with Crippen LogP contribution >= 0.6 is 0 Å². The molecule has 0 spiro atoms. The average Bonchev–Trinajstić information content (AvgIpc) is 2.98. The molecule has 3 rings (SSSR count). The van der Waals surface area contributed by atoms with Gasteiger partial charge in [0.25, 0.3) is 5.91 Å². The number of morpholine rings is 1. The van der Waals surface area contributed by atoms with Crippen molar-refractivity contribution in [3.8, 4) is 5.75 Å². The summed E-state index contributed by atoms with van der Waals surface area (Å²) in [7, 11) is 1.67. The van der Waals surface area contributed by atoms with Crippen LogP contribution in [-0.4, -0.2) is 49.9 Å². The summed E-state index contributed by atoms with van der Waals surface area (Å²) >= 11 is 0. The molecule has 1 saturated heterocycles. The maximum atomic E-state index is 13.2. The molecule has 1 aliphatic rings. The molecule has 1 N–H and O–H groups in total. The first-order chi connectivity index (χ1) is 14.0. The van der Waals surface area contributed by atoms with E-state index in [1.807, 2.05) is 25.1 Å². The highest BCUT2D eigenvalue weighted by Gasteiger charge is 2.27. The molecule has 1 atom stereocenters. The number of carbonyl (C=O) groups excluding carboxylic acids is 1. The number of anilines is 1. The molecule has 158 valence electrons. The zero-order valence-electron chi connectivity index (χ0n) is 18.2. The van der Waals surface area contributed by atoms with Crippen LogP contribution in [0.25, 0.3) is 0 Å². The molecule has 1 aliphatic heterocycles. The lowest BCUT2D eigenvalue weighted by Gasteiger charge is -2.29. The van der Waals surface area contributed by atoms with Crippen LogP contribution in [0, 0.1) is 13.8 Å². The molecule has 0 saturated carbocycles. The van der Waals surface area contributed by atoms with E-state index >= 15 is 0 Å². The van der Waals surface area contributed by atoms with Gasteiger partial charge in [0.05, 0.1) is 26.0 Å². The summed E-state index contributed by atoms with van der Waals surface area (Å²) < 4.78 is 13.1. The Morgan fingerprint density at radius 2 is 2.00 bits per heavy atom. The average molecular weight is 400 g/mol. The van der Waals surface area contributed by atoms with Gasteiger partial charge in [0.1, 0.15) is 11.4 Å². The second kappa shape index (κ2) is 9.35. The summed E-state index contributed by atoms with van der Waals surface area (Å²) in [6.07, 6.45) is 0.899. The lowest BCUT2D eigenvalue weighted by Crippen LogP contribution is -2.37. The molecule has 6 nitrogen and oxygen atoms in total. The maximum Gasteiger partial charge on any atom is 0.268 e. The second-order valence-electron chi connectivity index (χ2n) is 7.73. The van der Waals surface area contributed by atoms with Gasteiger partial charge in [0.2, 0.25) is 0 Å². The van der Waals surface area contributed by atoms with Gasteiger partial charge in [0, 0.05) is 36.9 Å². The number of carbonyl (C=O) groups is 1. The Morgan fingerprint density at radius 1 is 1.28 bits per heavy atom. The summed E-state index contributed by atoms with van der Waals surface area (Å²) in [4.78, 5) is 15.6. The Labute approximate surface area is 173 Å². The predicted octanol–water partition coefficient (Wildman–Crippen LogP) is 3.53. The van der Waals surface area contributed by atoms with Crippen LogP contribution in [0.4, 0.5) is 5.69 Å². The fourth-order valence-electron chi connectivity index (χ4n) is 3.97. The molecule has 6 heteroatoms. The molecule has 1 aromatic carbocycles. The van der Waals surface area contributed by atoms with Gasteiger partial charge in [-0.15, -0.1) is 0 Å². The number of rotatable bonds is 7. The van der Waals surface area contributed by atoms with E-state index in [1.54, 1.807) is 7.11 Å². The van der Waals surface area contributed by atoms with E-state index in [-0.39, 0.29) is 11.9 Å². The van der Waals surface area contributed by atoms with E-state index in [0.717, 1.165) is 53.5 Å². The van der Waals surface area contributed by atoms with Gasteiger partial charge in [-0.05, 0) is 44.9 Å². The van der Waals surface area contributed by atoms with E-state index < -0.39 is 0 Å². The Bertz CT molecular complexity index is 853. The Hall–Kier alpha value is -2.47. The zero-order valence-corrected chi connectivity index (χ0v) is 18.2. The van der Waals surface area contributed by atoms with Crippen LogP contribution < -0.4 is 15.0 Å². The molecule has 1 aromatic heterocycles. The van der Waals surface area contributed by atoms with E-state index in [1.165, 1.54) is 0 Å². The molecule has 0 bridgehead atoms. The third-order valence-electron chi connectivity index (χ3n) is 5.74. The fraction of sp³-hybridized carbons (Fsp3) is 0.522. The molecular weight excluding hydrogens is 366 g/mol. The van der Waals surface area contributed by atoms with Crippen molar-refractivity contribution >= 4 is 11.6 Å². The van der Waals surface area contributed by atoms with Crippen molar-refractivity contribution in [3.05, 3.63) is 46.8 Å². The molecule has 29 heavy (non-hydrogen) atoms. The highest BCUT2D eigenvalue weighted by Crippen LogP contribution is 2.32. The minimum Gasteiger partial charge on any atom is -0.497 e. The topological polar surface area (TPSA) is 55.7 Å². The Balaban J connectivity index is 2.04. The highest BCUT2D eigenvalue weighted by molar-refractivity contribution is 5.96. The van der Waals surface area contributed by atoms with Crippen molar-refractivity contribution in [3.63, 3.8) is 0 Å². The molecule has 2 heterocycles. The lowest BCUT2D eigenvalue weighted by molar-refractivity contribution is 0.0929. The van der Waals surface area contributed by atoms with E-state index in [4.69, 9.17) is 9.47 Å². The van der Waals surface area contributed by atoms with Crippen molar-refractivity contribution in [2.75, 3.05) is 38.3 Å². The quantitative estimate of drug-likeness (QED) is 0.774. The summed E-state index contributed by atoms with van der Waals surface area (Å²) in [6, 6.07) is 8.16. The Morgan fingerprint density at radius 3 is 2.66 bits per heavy atom. The van der Waals surface area contributed by atoms with Crippen LogP contribution in [0.1, 0.15) is 47.6 Å². The summed E-state index contributed by atoms with van der Waals surface area (Å²) in [5, 5.41) is 3.15. The minimum atomic E-state index is -0.0117. The third-order valence-corrected chi connectivity index (χ3v) is 5.74. The summed E-state index contributed by atoms with van der Waals surface area (Å²) in [5.74, 6) is 0.811. The van der Waals surface area contributed by atoms with Crippen molar-refractivity contribution in [2.24, 2.45) is 0 Å². The van der Waals surface area contributed by atoms with Crippen molar-refractivity contribution in [2.45, 2.75) is 46.7 Å². The first-order valence-electron chi connectivity index (χ1n) is 10.4. The molecule has 0 aliphatic carbocycles. The van der Waals surface area contributed by atoms with Gasteiger partial charge in [-0.2, -0.15) is 0 Å². The van der Waals surface area contributed by atoms with Crippen LogP contribution in [0.5, 0.6) is 5.75 Å². The summed E-state index contributed by atoms with van der Waals surface area (Å²) in [5.41, 5.74) is 5.15. The minimum absolute atomic E-state index is 0.0117. The normalized spacial score (nSPS) is 15.3. The van der Waals surface area contributed by atoms with Gasteiger partial charge in [0.15, 0.2) is 0 Å². The van der Waals surface area contributed by atoms with Gasteiger partial charge in [-0.3, -0.25) is 4.79 Å². The van der Waals surface area contributed by atoms with E-state index in [0.29, 0.717) is 19.8 Å². The van der Waals surface area contributed by atoms with Crippen LogP contribution in [0.3, 0.4) is 0 Å². The molecular formula is C23H33N3O3. The monoisotopic (exact) mass is 399 g/mol.